The van der Waals surface area contributed by atoms with Gasteiger partial charge in [0.1, 0.15) is 0 Å². The summed E-state index contributed by atoms with van der Waals surface area (Å²) in [5.74, 6) is 0.723. The van der Waals surface area contributed by atoms with Crippen molar-refractivity contribution in [3.8, 4) is 0 Å². The van der Waals surface area contributed by atoms with Gasteiger partial charge in [0.2, 0.25) is 0 Å². The van der Waals surface area contributed by atoms with E-state index in [1.54, 1.807) is 0 Å². The van der Waals surface area contributed by atoms with E-state index < -0.39 is 0 Å². The Balaban J connectivity index is 2.26. The molecule has 1 aromatic heterocycles. The Morgan fingerprint density at radius 3 is 2.53 bits per heavy atom. The van der Waals surface area contributed by atoms with Gasteiger partial charge in [0.05, 0.1) is 11.1 Å². The van der Waals surface area contributed by atoms with Crippen molar-refractivity contribution >= 4 is 23.1 Å². The van der Waals surface area contributed by atoms with Crippen molar-refractivity contribution in [1.82, 2.24) is 10.2 Å². The number of hydrogen-bond donors (Lipinski definition) is 1. The fraction of sp³-hybridized carbons (Fsp3) is 0.231. The Morgan fingerprint density at radius 2 is 1.88 bits per heavy atom. The number of aromatic nitrogens is 2. The highest BCUT2D eigenvalue weighted by Crippen LogP contribution is 2.28. The van der Waals surface area contributed by atoms with E-state index in [2.05, 4.69) is 15.5 Å². The number of rotatable bonds is 3. The summed E-state index contributed by atoms with van der Waals surface area (Å²) in [5.41, 5.74) is 2.92. The normalized spacial score (nSPS) is 12.2. The zero-order chi connectivity index (χ0) is 12.3. The van der Waals surface area contributed by atoms with Crippen LogP contribution in [0.3, 0.4) is 0 Å². The predicted molar refractivity (Wildman–Crippen MR) is 70.8 cm³/mol. The van der Waals surface area contributed by atoms with E-state index in [0.29, 0.717) is 0 Å². The number of para-hydroxylation sites is 1. The van der Waals surface area contributed by atoms with Gasteiger partial charge in [0.25, 0.3) is 0 Å². The first-order chi connectivity index (χ1) is 8.16. The Morgan fingerprint density at radius 1 is 1.12 bits per heavy atom. The number of nitrogens with one attached hydrogen (secondary N) is 1. The summed E-state index contributed by atoms with van der Waals surface area (Å²) in [6.45, 7) is 3.86. The summed E-state index contributed by atoms with van der Waals surface area (Å²) < 4.78 is 0. The molecule has 2 aromatic rings. The van der Waals surface area contributed by atoms with Crippen LogP contribution in [0.1, 0.15) is 23.6 Å². The number of anilines is 2. The minimum atomic E-state index is -0.0443. The third kappa shape index (κ3) is 2.94. The van der Waals surface area contributed by atoms with E-state index in [4.69, 9.17) is 11.6 Å². The van der Waals surface area contributed by atoms with Crippen LogP contribution < -0.4 is 5.32 Å². The maximum Gasteiger partial charge on any atom is 0.153 e. The molecule has 0 spiro atoms. The number of alkyl halides is 1. The van der Waals surface area contributed by atoms with Gasteiger partial charge in [-0.1, -0.05) is 18.2 Å². The molecule has 0 saturated heterocycles. The lowest BCUT2D eigenvalue weighted by Gasteiger charge is -2.12. The van der Waals surface area contributed by atoms with Crippen molar-refractivity contribution in [3.05, 3.63) is 47.7 Å². The molecule has 1 N–H and O–H groups in total. The van der Waals surface area contributed by atoms with Crippen LogP contribution in [-0.2, 0) is 0 Å². The molecule has 0 aliphatic heterocycles. The van der Waals surface area contributed by atoms with Gasteiger partial charge in [-0.3, -0.25) is 0 Å². The van der Waals surface area contributed by atoms with Crippen molar-refractivity contribution in [2.24, 2.45) is 0 Å². The van der Waals surface area contributed by atoms with Gasteiger partial charge in [0.15, 0.2) is 5.82 Å². The molecule has 0 amide bonds. The van der Waals surface area contributed by atoms with E-state index in [9.17, 15) is 0 Å². The molecule has 0 aliphatic rings. The minimum Gasteiger partial charge on any atom is -0.338 e. The Labute approximate surface area is 106 Å². The van der Waals surface area contributed by atoms with Crippen LogP contribution in [0.4, 0.5) is 11.5 Å². The molecule has 0 fully saturated rings. The molecule has 1 atom stereocenters. The van der Waals surface area contributed by atoms with Gasteiger partial charge in [-0.15, -0.1) is 16.7 Å². The quantitative estimate of drug-likeness (QED) is 0.838. The van der Waals surface area contributed by atoms with Crippen LogP contribution >= 0.6 is 11.6 Å². The standard InChI is InChI=1S/C13H14ClN3/c1-9-7-8-13(17-16-9)15-12-6-4-3-5-11(12)10(2)14/h3-8,10H,1-2H3,(H,15,17). The third-order valence-corrected chi connectivity index (χ3v) is 2.69. The summed E-state index contributed by atoms with van der Waals surface area (Å²) in [4.78, 5) is 0. The van der Waals surface area contributed by atoms with Gasteiger partial charge in [0, 0.05) is 5.69 Å². The van der Waals surface area contributed by atoms with Crippen molar-refractivity contribution in [3.63, 3.8) is 0 Å². The van der Waals surface area contributed by atoms with E-state index in [1.807, 2.05) is 50.2 Å². The molecule has 0 aliphatic carbocycles. The van der Waals surface area contributed by atoms with Crippen LogP contribution in [0, 0.1) is 6.92 Å². The first-order valence-corrected chi connectivity index (χ1v) is 5.91. The Kier molecular flexibility index (Phi) is 3.59. The van der Waals surface area contributed by atoms with E-state index in [0.717, 1.165) is 22.8 Å². The van der Waals surface area contributed by atoms with Crippen LogP contribution in [0.5, 0.6) is 0 Å². The molecular weight excluding hydrogens is 234 g/mol. The fourth-order valence-corrected chi connectivity index (χ4v) is 1.75. The lowest BCUT2D eigenvalue weighted by atomic mass is 10.1. The number of benzene rings is 1. The molecule has 0 radical (unpaired) electrons. The van der Waals surface area contributed by atoms with Gasteiger partial charge in [-0.05, 0) is 37.6 Å². The second-order valence-electron chi connectivity index (χ2n) is 3.89. The molecule has 1 unspecified atom stereocenters. The molecule has 2 rings (SSSR count). The number of nitrogens with zero attached hydrogens (tertiary/aromatic N) is 2. The first kappa shape index (κ1) is 11.9. The van der Waals surface area contributed by atoms with Crippen molar-refractivity contribution in [1.29, 1.82) is 0 Å². The third-order valence-electron chi connectivity index (χ3n) is 2.45. The molecule has 17 heavy (non-hydrogen) atoms. The summed E-state index contributed by atoms with van der Waals surface area (Å²) in [6, 6.07) is 11.7. The smallest absolute Gasteiger partial charge is 0.153 e. The highest BCUT2D eigenvalue weighted by molar-refractivity contribution is 6.21. The van der Waals surface area contributed by atoms with Crippen LogP contribution in [0.15, 0.2) is 36.4 Å². The minimum absolute atomic E-state index is 0.0443. The highest BCUT2D eigenvalue weighted by Gasteiger charge is 2.07. The summed E-state index contributed by atoms with van der Waals surface area (Å²) in [5, 5.41) is 11.3. The lowest BCUT2D eigenvalue weighted by molar-refractivity contribution is 0.983. The van der Waals surface area contributed by atoms with Crippen LogP contribution in [-0.4, -0.2) is 10.2 Å². The maximum atomic E-state index is 6.12. The zero-order valence-corrected chi connectivity index (χ0v) is 10.6. The topological polar surface area (TPSA) is 37.8 Å². The molecule has 0 bridgehead atoms. The van der Waals surface area contributed by atoms with Gasteiger partial charge >= 0.3 is 0 Å². The van der Waals surface area contributed by atoms with E-state index in [-0.39, 0.29) is 5.38 Å². The monoisotopic (exact) mass is 247 g/mol. The summed E-state index contributed by atoms with van der Waals surface area (Å²) in [7, 11) is 0. The average Bonchev–Trinajstić information content (AvgIpc) is 2.32. The van der Waals surface area contributed by atoms with Gasteiger partial charge in [-0.2, -0.15) is 5.10 Å². The van der Waals surface area contributed by atoms with Gasteiger partial charge in [-0.25, -0.2) is 0 Å². The molecular formula is C13H14ClN3. The molecule has 0 saturated carbocycles. The van der Waals surface area contributed by atoms with Gasteiger partial charge < -0.3 is 5.32 Å². The number of aryl methyl sites for hydroxylation is 1. The SMILES string of the molecule is Cc1ccc(Nc2ccccc2C(C)Cl)nn1. The second-order valence-corrected chi connectivity index (χ2v) is 4.54. The average molecular weight is 248 g/mol. The highest BCUT2D eigenvalue weighted by atomic mass is 35.5. The summed E-state index contributed by atoms with van der Waals surface area (Å²) >= 11 is 6.12. The second kappa shape index (κ2) is 5.15. The van der Waals surface area contributed by atoms with Crippen molar-refractivity contribution in [2.75, 3.05) is 5.32 Å². The predicted octanol–water partition coefficient (Wildman–Crippen LogP) is 3.83. The van der Waals surface area contributed by atoms with Crippen LogP contribution in [0.25, 0.3) is 0 Å². The molecule has 1 heterocycles. The number of hydrogen-bond acceptors (Lipinski definition) is 3. The Bertz CT molecular complexity index is 494. The molecule has 88 valence electrons. The maximum absolute atomic E-state index is 6.12. The largest absolute Gasteiger partial charge is 0.338 e. The fourth-order valence-electron chi connectivity index (χ4n) is 1.56. The number of halogens is 1. The Hall–Kier alpha value is -1.61. The van der Waals surface area contributed by atoms with E-state index >= 15 is 0 Å². The lowest BCUT2D eigenvalue weighted by Crippen LogP contribution is -1.99. The van der Waals surface area contributed by atoms with Crippen molar-refractivity contribution < 1.29 is 0 Å². The molecule has 3 nitrogen and oxygen atoms in total. The molecule has 4 heteroatoms. The summed E-state index contributed by atoms with van der Waals surface area (Å²) in [6.07, 6.45) is 0. The first-order valence-electron chi connectivity index (χ1n) is 5.47. The molecule has 1 aromatic carbocycles. The van der Waals surface area contributed by atoms with Crippen LogP contribution in [0.2, 0.25) is 0 Å². The zero-order valence-electron chi connectivity index (χ0n) is 9.81. The van der Waals surface area contributed by atoms with Crippen molar-refractivity contribution in [2.45, 2.75) is 19.2 Å². The van der Waals surface area contributed by atoms with E-state index in [1.165, 1.54) is 0 Å².